The predicted octanol–water partition coefficient (Wildman–Crippen LogP) is 6.61. The second-order valence-electron chi connectivity index (χ2n) is 8.08. The van der Waals surface area contributed by atoms with E-state index in [2.05, 4.69) is 49.1 Å². The van der Waals surface area contributed by atoms with E-state index in [1.807, 2.05) is 0 Å². The first-order valence-electron chi connectivity index (χ1n) is 10.5. The highest BCUT2D eigenvalue weighted by Gasteiger charge is 2.31. The molecule has 1 aromatic rings. The van der Waals surface area contributed by atoms with Crippen LogP contribution in [0.25, 0.3) is 0 Å². The molecule has 0 saturated carbocycles. The molecule has 0 N–H and O–H groups in total. The topological polar surface area (TPSA) is 3.24 Å². The minimum Gasteiger partial charge on any atom is -0.298 e. The van der Waals surface area contributed by atoms with Crippen molar-refractivity contribution in [2.45, 2.75) is 96.4 Å². The van der Waals surface area contributed by atoms with Crippen LogP contribution in [0, 0.1) is 0 Å². The van der Waals surface area contributed by atoms with E-state index in [1.165, 1.54) is 95.7 Å². The van der Waals surface area contributed by atoms with E-state index >= 15 is 0 Å². The van der Waals surface area contributed by atoms with E-state index in [9.17, 15) is 0 Å². The van der Waals surface area contributed by atoms with Gasteiger partial charge in [-0.25, -0.2) is 0 Å². The molecule has 0 spiro atoms. The third-order valence-corrected chi connectivity index (χ3v) is 5.87. The summed E-state index contributed by atoms with van der Waals surface area (Å²) in [7, 11) is 0. The van der Waals surface area contributed by atoms with Gasteiger partial charge < -0.3 is 0 Å². The summed E-state index contributed by atoms with van der Waals surface area (Å²) in [5.74, 6) is 0. The lowest BCUT2D eigenvalue weighted by molar-refractivity contribution is 0.0950. The van der Waals surface area contributed by atoms with Gasteiger partial charge in [-0.05, 0) is 51.3 Å². The maximum atomic E-state index is 2.83. The molecule has 1 aliphatic heterocycles. The van der Waals surface area contributed by atoms with Gasteiger partial charge in [0, 0.05) is 5.54 Å². The predicted molar refractivity (Wildman–Crippen MR) is 107 cm³/mol. The summed E-state index contributed by atoms with van der Waals surface area (Å²) in [4.78, 5) is 2.83. The van der Waals surface area contributed by atoms with Crippen LogP contribution in [0.15, 0.2) is 30.3 Å². The Morgan fingerprint density at radius 1 is 0.833 bits per heavy atom. The molecule has 0 aliphatic carbocycles. The fourth-order valence-electron chi connectivity index (χ4n) is 4.29. The average molecular weight is 330 g/mol. The van der Waals surface area contributed by atoms with Crippen LogP contribution in [0.5, 0.6) is 0 Å². The Hall–Kier alpha value is -0.820. The molecule has 1 nitrogen and oxygen atoms in total. The molecule has 0 amide bonds. The quantitative estimate of drug-likeness (QED) is 0.436. The van der Waals surface area contributed by atoms with Gasteiger partial charge in [0.1, 0.15) is 0 Å². The van der Waals surface area contributed by atoms with Crippen molar-refractivity contribution in [3.63, 3.8) is 0 Å². The van der Waals surface area contributed by atoms with Crippen molar-refractivity contribution < 1.29 is 0 Å². The summed E-state index contributed by atoms with van der Waals surface area (Å²) in [5.41, 5.74) is 1.85. The summed E-state index contributed by atoms with van der Waals surface area (Å²) in [6.07, 6.45) is 16.6. The average Bonchev–Trinajstić information content (AvgIpc) is 2.89. The normalized spacial score (nSPS) is 18.9. The Morgan fingerprint density at radius 2 is 1.46 bits per heavy atom. The lowest BCUT2D eigenvalue weighted by atomic mass is 9.85. The van der Waals surface area contributed by atoms with E-state index in [0.29, 0.717) is 5.54 Å². The first-order chi connectivity index (χ1) is 11.7. The van der Waals surface area contributed by atoms with Crippen LogP contribution in [0.3, 0.4) is 0 Å². The lowest BCUT2D eigenvalue weighted by Gasteiger charge is -2.42. The summed E-state index contributed by atoms with van der Waals surface area (Å²) in [5, 5.41) is 0. The van der Waals surface area contributed by atoms with Gasteiger partial charge in [0.25, 0.3) is 0 Å². The molecule has 1 atom stereocenters. The van der Waals surface area contributed by atoms with Crippen molar-refractivity contribution in [1.82, 2.24) is 4.90 Å². The molecule has 2 rings (SSSR count). The number of unbranched alkanes of at least 4 members (excludes halogenated alkanes) is 5. The van der Waals surface area contributed by atoms with Crippen molar-refractivity contribution in [3.05, 3.63) is 35.9 Å². The molecule has 1 saturated heterocycles. The molecule has 1 aliphatic rings. The van der Waals surface area contributed by atoms with Crippen LogP contribution < -0.4 is 0 Å². The summed E-state index contributed by atoms with van der Waals surface area (Å²) in [6.45, 7) is 7.45. The Morgan fingerprint density at radius 3 is 2.12 bits per heavy atom. The second-order valence-corrected chi connectivity index (χ2v) is 8.08. The first-order valence-corrected chi connectivity index (χ1v) is 10.5. The number of hydrogen-bond acceptors (Lipinski definition) is 1. The molecule has 0 bridgehead atoms. The number of benzene rings is 1. The van der Waals surface area contributed by atoms with Crippen LogP contribution >= 0.6 is 0 Å². The van der Waals surface area contributed by atoms with Crippen LogP contribution in [-0.4, -0.2) is 23.5 Å². The third kappa shape index (κ3) is 6.59. The highest BCUT2D eigenvalue weighted by Crippen LogP contribution is 2.30. The molecule has 0 aromatic heterocycles. The Balaban J connectivity index is 1.94. The highest BCUT2D eigenvalue weighted by molar-refractivity contribution is 5.17. The molecule has 1 fully saturated rings. The lowest BCUT2D eigenvalue weighted by Crippen LogP contribution is -2.48. The van der Waals surface area contributed by atoms with Crippen LogP contribution in [0.4, 0.5) is 0 Å². The smallest absolute Gasteiger partial charge is 0.0221 e. The molecule has 1 heteroatoms. The van der Waals surface area contributed by atoms with Gasteiger partial charge in [0.15, 0.2) is 0 Å². The van der Waals surface area contributed by atoms with Gasteiger partial charge in [-0.2, -0.15) is 0 Å². The second kappa shape index (κ2) is 10.9. The van der Waals surface area contributed by atoms with E-state index in [4.69, 9.17) is 0 Å². The van der Waals surface area contributed by atoms with Crippen molar-refractivity contribution in [3.8, 4) is 0 Å². The Kier molecular flexibility index (Phi) is 8.88. The third-order valence-electron chi connectivity index (χ3n) is 5.87. The minimum atomic E-state index is 0.344. The largest absolute Gasteiger partial charge is 0.298 e. The number of likely N-dealkylation sites (tertiary alicyclic amines) is 1. The molecule has 1 aromatic carbocycles. The number of rotatable bonds is 10. The molecule has 136 valence electrons. The molecule has 24 heavy (non-hydrogen) atoms. The summed E-state index contributed by atoms with van der Waals surface area (Å²) in [6, 6.07) is 11.2. The molecule has 0 radical (unpaired) electrons. The van der Waals surface area contributed by atoms with Gasteiger partial charge >= 0.3 is 0 Å². The van der Waals surface area contributed by atoms with Crippen LogP contribution in [0.2, 0.25) is 0 Å². The minimum absolute atomic E-state index is 0.344. The van der Waals surface area contributed by atoms with Crippen molar-refractivity contribution in [2.24, 2.45) is 0 Å². The zero-order chi connectivity index (χ0) is 17.1. The maximum absolute atomic E-state index is 2.83. The maximum Gasteiger partial charge on any atom is 0.0221 e. The number of nitrogens with zero attached hydrogens (tertiary/aromatic N) is 1. The Bertz CT molecular complexity index is 419. The number of hydrogen-bond donors (Lipinski definition) is 0. The van der Waals surface area contributed by atoms with Crippen molar-refractivity contribution >= 4 is 0 Å². The fraction of sp³-hybridized carbons (Fsp3) is 0.739. The van der Waals surface area contributed by atoms with Gasteiger partial charge in [-0.3, -0.25) is 4.90 Å². The van der Waals surface area contributed by atoms with Gasteiger partial charge in [-0.1, -0.05) is 88.6 Å². The van der Waals surface area contributed by atoms with Crippen molar-refractivity contribution in [1.29, 1.82) is 0 Å². The van der Waals surface area contributed by atoms with Gasteiger partial charge in [0.2, 0.25) is 0 Å². The molecule has 1 unspecified atom stereocenters. The van der Waals surface area contributed by atoms with E-state index in [1.54, 1.807) is 0 Å². The zero-order valence-electron chi connectivity index (χ0n) is 16.2. The monoisotopic (exact) mass is 329 g/mol. The highest BCUT2D eigenvalue weighted by atomic mass is 15.2. The first kappa shape index (κ1) is 19.5. The Labute approximate surface area is 150 Å². The zero-order valence-corrected chi connectivity index (χ0v) is 16.2. The SMILES string of the molecule is CCCCCCCCC(C)(Cc1ccccc1)N1CCCCCC1. The van der Waals surface area contributed by atoms with E-state index in [-0.39, 0.29) is 0 Å². The standard InChI is InChI=1S/C23H39N/c1-3-4-5-6-7-13-18-23(2,21-22-16-11-10-12-17-22)24-19-14-8-9-15-20-24/h10-12,16-17H,3-9,13-15,18-21H2,1-2H3. The molecular weight excluding hydrogens is 290 g/mol. The van der Waals surface area contributed by atoms with Crippen LogP contribution in [0.1, 0.15) is 90.0 Å². The van der Waals surface area contributed by atoms with E-state index in [0.717, 1.165) is 0 Å². The van der Waals surface area contributed by atoms with Crippen molar-refractivity contribution in [2.75, 3.05) is 13.1 Å². The van der Waals surface area contributed by atoms with Gasteiger partial charge in [-0.15, -0.1) is 0 Å². The molecular formula is C23H39N. The summed E-state index contributed by atoms with van der Waals surface area (Å²) >= 11 is 0. The van der Waals surface area contributed by atoms with E-state index < -0.39 is 0 Å². The van der Waals surface area contributed by atoms with Gasteiger partial charge in [0.05, 0.1) is 0 Å². The molecule has 1 heterocycles. The van der Waals surface area contributed by atoms with Crippen LogP contribution in [-0.2, 0) is 6.42 Å². The summed E-state index contributed by atoms with van der Waals surface area (Å²) < 4.78 is 0. The fourth-order valence-corrected chi connectivity index (χ4v) is 4.29.